The maximum absolute atomic E-state index is 13.1. The van der Waals surface area contributed by atoms with Gasteiger partial charge in [-0.05, 0) is 57.0 Å². The Morgan fingerprint density at radius 1 is 1.06 bits per heavy atom. The first-order valence-corrected chi connectivity index (χ1v) is 12.8. The monoisotopic (exact) mass is 482 g/mol. The standard InChI is InChI=1S/C25H30N4O4S/c1-18-22(19(2)29(27-18)20-10-6-4-7-11-20)17-25(30)26-23-16-21(12-13-24(23)33-3)34(31,32)28-14-8-5-9-15-28/h4,6-7,10-13,16H,5,8-9,14-15,17H2,1-3H3,(H,26,30). The van der Waals surface area contributed by atoms with Gasteiger partial charge in [-0.25, -0.2) is 13.1 Å². The molecule has 1 amide bonds. The number of hydrogen-bond acceptors (Lipinski definition) is 5. The molecule has 2 heterocycles. The van der Waals surface area contributed by atoms with Gasteiger partial charge in [0.15, 0.2) is 0 Å². The van der Waals surface area contributed by atoms with E-state index in [0.29, 0.717) is 24.5 Å². The zero-order chi connectivity index (χ0) is 24.3. The molecule has 34 heavy (non-hydrogen) atoms. The summed E-state index contributed by atoms with van der Waals surface area (Å²) in [6.45, 7) is 4.84. The molecule has 1 saturated heterocycles. The lowest BCUT2D eigenvalue weighted by atomic mass is 10.1. The van der Waals surface area contributed by atoms with Crippen molar-refractivity contribution in [2.45, 2.75) is 44.4 Å². The molecular weight excluding hydrogens is 452 g/mol. The maximum Gasteiger partial charge on any atom is 0.243 e. The van der Waals surface area contributed by atoms with E-state index in [1.807, 2.05) is 48.9 Å². The van der Waals surface area contributed by atoms with Crippen molar-refractivity contribution in [1.82, 2.24) is 14.1 Å². The zero-order valence-corrected chi connectivity index (χ0v) is 20.6. The lowest BCUT2D eigenvalue weighted by Gasteiger charge is -2.26. The first-order valence-electron chi connectivity index (χ1n) is 11.4. The first-order chi connectivity index (χ1) is 16.3. The predicted octanol–water partition coefficient (Wildman–Crippen LogP) is 3.85. The second-order valence-electron chi connectivity index (χ2n) is 8.45. The van der Waals surface area contributed by atoms with Gasteiger partial charge in [0.25, 0.3) is 0 Å². The van der Waals surface area contributed by atoms with Crippen LogP contribution in [-0.4, -0.2) is 48.6 Å². The molecule has 0 atom stereocenters. The van der Waals surface area contributed by atoms with E-state index in [1.54, 1.807) is 6.07 Å². The number of ether oxygens (including phenoxy) is 1. The summed E-state index contributed by atoms with van der Waals surface area (Å²) < 4.78 is 34.9. The van der Waals surface area contributed by atoms with Gasteiger partial charge in [-0.15, -0.1) is 0 Å². The number of carbonyl (C=O) groups is 1. The molecule has 180 valence electrons. The van der Waals surface area contributed by atoms with Crippen molar-refractivity contribution >= 4 is 21.6 Å². The fourth-order valence-corrected chi connectivity index (χ4v) is 5.85. The van der Waals surface area contributed by atoms with Crippen LogP contribution < -0.4 is 10.1 Å². The summed E-state index contributed by atoms with van der Waals surface area (Å²) in [6, 6.07) is 14.3. The molecule has 0 radical (unpaired) electrons. The lowest BCUT2D eigenvalue weighted by molar-refractivity contribution is -0.115. The molecule has 0 aliphatic carbocycles. The summed E-state index contributed by atoms with van der Waals surface area (Å²) in [6.07, 6.45) is 2.86. The largest absolute Gasteiger partial charge is 0.495 e. The topological polar surface area (TPSA) is 93.5 Å². The van der Waals surface area contributed by atoms with Crippen molar-refractivity contribution in [2.24, 2.45) is 0 Å². The third-order valence-corrected chi connectivity index (χ3v) is 8.07. The van der Waals surface area contributed by atoms with E-state index >= 15 is 0 Å². The van der Waals surface area contributed by atoms with Gasteiger partial charge in [0.2, 0.25) is 15.9 Å². The highest BCUT2D eigenvalue weighted by Crippen LogP contribution is 2.30. The normalized spacial score (nSPS) is 14.7. The summed E-state index contributed by atoms with van der Waals surface area (Å²) in [4.78, 5) is 13.1. The van der Waals surface area contributed by atoms with Gasteiger partial charge >= 0.3 is 0 Å². The Balaban J connectivity index is 1.56. The Bertz CT molecular complexity index is 1280. The van der Waals surface area contributed by atoms with Gasteiger partial charge in [-0.1, -0.05) is 24.6 Å². The highest BCUT2D eigenvalue weighted by molar-refractivity contribution is 7.89. The van der Waals surface area contributed by atoms with Crippen LogP contribution in [0.3, 0.4) is 0 Å². The smallest absolute Gasteiger partial charge is 0.243 e. The summed E-state index contributed by atoms with van der Waals surface area (Å²) in [5.74, 6) is 0.129. The molecule has 9 heteroatoms. The minimum Gasteiger partial charge on any atom is -0.495 e. The van der Waals surface area contributed by atoms with Gasteiger partial charge in [0.05, 0.1) is 35.5 Å². The zero-order valence-electron chi connectivity index (χ0n) is 19.7. The molecule has 8 nitrogen and oxygen atoms in total. The number of hydrogen-bond donors (Lipinski definition) is 1. The number of aryl methyl sites for hydroxylation is 1. The lowest BCUT2D eigenvalue weighted by Crippen LogP contribution is -2.35. The number of nitrogens with zero attached hydrogens (tertiary/aromatic N) is 3. The third-order valence-electron chi connectivity index (χ3n) is 6.18. The first kappa shape index (κ1) is 24.0. The number of rotatable bonds is 7. The van der Waals surface area contributed by atoms with Crippen LogP contribution in [0.15, 0.2) is 53.4 Å². The van der Waals surface area contributed by atoms with Gasteiger partial charge in [0, 0.05) is 24.3 Å². The van der Waals surface area contributed by atoms with Crippen molar-refractivity contribution in [3.05, 3.63) is 65.5 Å². The van der Waals surface area contributed by atoms with Crippen LogP contribution in [0.4, 0.5) is 5.69 Å². The van der Waals surface area contributed by atoms with Gasteiger partial charge in [-0.3, -0.25) is 4.79 Å². The number of nitrogens with one attached hydrogen (secondary N) is 1. The number of para-hydroxylation sites is 1. The molecule has 1 fully saturated rings. The molecule has 1 N–H and O–H groups in total. The van der Waals surface area contributed by atoms with E-state index in [2.05, 4.69) is 10.4 Å². The average molecular weight is 483 g/mol. The molecular formula is C25H30N4O4S. The number of aromatic nitrogens is 2. The van der Waals surface area contributed by atoms with Crippen LogP contribution in [0.1, 0.15) is 36.2 Å². The van der Waals surface area contributed by atoms with Crippen molar-refractivity contribution < 1.29 is 17.9 Å². The Labute approximate surface area is 200 Å². The number of anilines is 1. The van der Waals surface area contributed by atoms with Gasteiger partial charge < -0.3 is 10.1 Å². The fourth-order valence-electron chi connectivity index (χ4n) is 4.31. The predicted molar refractivity (Wildman–Crippen MR) is 131 cm³/mol. The number of amides is 1. The van der Waals surface area contributed by atoms with Crippen LogP contribution in [0.5, 0.6) is 5.75 Å². The highest BCUT2D eigenvalue weighted by atomic mass is 32.2. The number of piperidine rings is 1. The molecule has 3 aromatic rings. The van der Waals surface area contributed by atoms with Crippen LogP contribution in [0.2, 0.25) is 0 Å². The Morgan fingerprint density at radius 3 is 2.44 bits per heavy atom. The summed E-state index contributed by atoms with van der Waals surface area (Å²) >= 11 is 0. The van der Waals surface area contributed by atoms with Gasteiger partial charge in [0.1, 0.15) is 5.75 Å². The van der Waals surface area contributed by atoms with Gasteiger partial charge in [-0.2, -0.15) is 9.40 Å². The average Bonchev–Trinajstić information content (AvgIpc) is 3.13. The minimum absolute atomic E-state index is 0.108. The van der Waals surface area contributed by atoms with Crippen LogP contribution >= 0.6 is 0 Å². The molecule has 0 unspecified atom stereocenters. The Hall–Kier alpha value is -3.17. The molecule has 4 rings (SSSR count). The fraction of sp³-hybridized carbons (Fsp3) is 0.360. The third kappa shape index (κ3) is 4.85. The molecule has 1 aliphatic rings. The molecule has 1 aliphatic heterocycles. The SMILES string of the molecule is COc1ccc(S(=O)(=O)N2CCCCC2)cc1NC(=O)Cc1c(C)nn(-c2ccccc2)c1C. The van der Waals surface area contributed by atoms with Crippen LogP contribution in [0, 0.1) is 13.8 Å². The minimum atomic E-state index is -3.63. The van der Waals surface area contributed by atoms with E-state index in [1.165, 1.54) is 23.5 Å². The van der Waals surface area contributed by atoms with Crippen LogP contribution in [0.25, 0.3) is 5.69 Å². The van der Waals surface area contributed by atoms with Crippen molar-refractivity contribution in [1.29, 1.82) is 0 Å². The molecule has 0 spiro atoms. The summed E-state index contributed by atoms with van der Waals surface area (Å²) in [5.41, 5.74) is 3.73. The highest BCUT2D eigenvalue weighted by Gasteiger charge is 2.27. The summed E-state index contributed by atoms with van der Waals surface area (Å²) in [5, 5.41) is 7.44. The van der Waals surface area contributed by atoms with Crippen molar-refractivity contribution in [3.8, 4) is 11.4 Å². The number of benzene rings is 2. The van der Waals surface area contributed by atoms with Crippen molar-refractivity contribution in [2.75, 3.05) is 25.5 Å². The Kier molecular flexibility index (Phi) is 7.04. The van der Waals surface area contributed by atoms with Crippen LogP contribution in [-0.2, 0) is 21.2 Å². The molecule has 2 aromatic carbocycles. The Morgan fingerprint density at radius 2 is 1.76 bits per heavy atom. The van der Waals surface area contributed by atoms with E-state index in [-0.39, 0.29) is 17.2 Å². The van der Waals surface area contributed by atoms with Crippen molar-refractivity contribution in [3.63, 3.8) is 0 Å². The van der Waals surface area contributed by atoms with E-state index < -0.39 is 10.0 Å². The molecule has 0 bridgehead atoms. The number of sulfonamides is 1. The quantitative estimate of drug-likeness (QED) is 0.552. The van der Waals surface area contributed by atoms with E-state index in [4.69, 9.17) is 4.74 Å². The second kappa shape index (κ2) is 9.99. The molecule has 0 saturated carbocycles. The van der Waals surface area contributed by atoms with E-state index in [0.717, 1.165) is 41.9 Å². The summed E-state index contributed by atoms with van der Waals surface area (Å²) in [7, 11) is -2.14. The second-order valence-corrected chi connectivity index (χ2v) is 10.4. The maximum atomic E-state index is 13.1. The number of methoxy groups -OCH3 is 1. The molecule has 1 aromatic heterocycles. The van der Waals surface area contributed by atoms with E-state index in [9.17, 15) is 13.2 Å². The number of carbonyl (C=O) groups excluding carboxylic acids is 1.